The van der Waals surface area contributed by atoms with E-state index >= 15 is 0 Å². The Labute approximate surface area is 87.7 Å². The Balaban J connectivity index is 1.96. The molecule has 4 heteroatoms. The van der Waals surface area contributed by atoms with E-state index in [1.165, 1.54) is 12.3 Å². The summed E-state index contributed by atoms with van der Waals surface area (Å²) >= 11 is 0. The number of amides is 1. The van der Waals surface area contributed by atoms with Gasteiger partial charge in [0.25, 0.3) is 5.91 Å². The molecule has 0 aromatic carbocycles. The summed E-state index contributed by atoms with van der Waals surface area (Å²) in [4.78, 5) is 15.0. The Kier molecular flexibility index (Phi) is 2.66. The Hall–Kier alpha value is -1.45. The summed E-state index contributed by atoms with van der Waals surface area (Å²) in [6, 6.07) is 2.92. The van der Waals surface area contributed by atoms with Gasteiger partial charge in [0.1, 0.15) is 0 Å². The first-order chi connectivity index (χ1) is 7.15. The SMILES string of the molecule is CC1CC(NC(=O)c2ccnc(F)c2)C1. The van der Waals surface area contributed by atoms with Crippen molar-refractivity contribution in [2.45, 2.75) is 25.8 Å². The Morgan fingerprint density at radius 3 is 2.93 bits per heavy atom. The van der Waals surface area contributed by atoms with E-state index in [0.29, 0.717) is 11.5 Å². The van der Waals surface area contributed by atoms with Crippen molar-refractivity contribution in [3.05, 3.63) is 29.8 Å². The third kappa shape index (κ3) is 2.32. The van der Waals surface area contributed by atoms with Crippen LogP contribution in [0.15, 0.2) is 18.3 Å². The van der Waals surface area contributed by atoms with Crippen molar-refractivity contribution in [3.63, 3.8) is 0 Å². The maximum Gasteiger partial charge on any atom is 0.251 e. The second-order valence-corrected chi connectivity index (χ2v) is 4.11. The molecule has 1 fully saturated rings. The summed E-state index contributed by atoms with van der Waals surface area (Å²) in [5.74, 6) is -0.151. The van der Waals surface area contributed by atoms with E-state index < -0.39 is 5.95 Å². The number of nitrogens with one attached hydrogen (secondary N) is 1. The standard InChI is InChI=1S/C11H13FN2O/c1-7-4-9(5-7)14-11(15)8-2-3-13-10(12)6-8/h2-3,6-7,9H,4-5H2,1H3,(H,14,15). The number of pyridine rings is 1. The van der Waals surface area contributed by atoms with E-state index in [2.05, 4.69) is 17.2 Å². The zero-order valence-corrected chi connectivity index (χ0v) is 8.53. The second kappa shape index (κ2) is 3.96. The van der Waals surface area contributed by atoms with Crippen LogP contribution in [0.5, 0.6) is 0 Å². The molecule has 1 heterocycles. The van der Waals surface area contributed by atoms with Gasteiger partial charge >= 0.3 is 0 Å². The van der Waals surface area contributed by atoms with E-state index in [1.807, 2.05) is 0 Å². The third-order valence-corrected chi connectivity index (χ3v) is 2.70. The number of nitrogens with zero attached hydrogens (tertiary/aromatic N) is 1. The molecule has 0 atom stereocenters. The Bertz CT molecular complexity index is 375. The fourth-order valence-corrected chi connectivity index (χ4v) is 1.83. The molecule has 2 rings (SSSR count). The lowest BCUT2D eigenvalue weighted by Gasteiger charge is -2.33. The molecule has 15 heavy (non-hydrogen) atoms. The van der Waals surface area contributed by atoms with Gasteiger partial charge in [0, 0.05) is 23.9 Å². The minimum Gasteiger partial charge on any atom is -0.349 e. The molecule has 0 unspecified atom stereocenters. The molecule has 1 saturated carbocycles. The van der Waals surface area contributed by atoms with Crippen LogP contribution in [0.2, 0.25) is 0 Å². The molecular formula is C11H13FN2O. The van der Waals surface area contributed by atoms with Gasteiger partial charge in [0.2, 0.25) is 5.95 Å². The van der Waals surface area contributed by atoms with Gasteiger partial charge in [-0.15, -0.1) is 0 Å². The maximum absolute atomic E-state index is 12.7. The predicted octanol–water partition coefficient (Wildman–Crippen LogP) is 1.75. The van der Waals surface area contributed by atoms with E-state index in [0.717, 1.165) is 18.9 Å². The number of carbonyl (C=O) groups is 1. The summed E-state index contributed by atoms with van der Waals surface area (Å²) in [6.45, 7) is 2.15. The van der Waals surface area contributed by atoms with Crippen LogP contribution in [-0.2, 0) is 0 Å². The van der Waals surface area contributed by atoms with Gasteiger partial charge in [-0.3, -0.25) is 4.79 Å². The highest BCUT2D eigenvalue weighted by molar-refractivity contribution is 5.94. The van der Waals surface area contributed by atoms with Crippen LogP contribution in [0.25, 0.3) is 0 Å². The van der Waals surface area contributed by atoms with E-state index in [4.69, 9.17) is 0 Å². The molecule has 1 amide bonds. The first-order valence-corrected chi connectivity index (χ1v) is 5.07. The molecule has 1 aromatic rings. The van der Waals surface area contributed by atoms with E-state index in [9.17, 15) is 9.18 Å². The van der Waals surface area contributed by atoms with Crippen LogP contribution in [0.3, 0.4) is 0 Å². The topological polar surface area (TPSA) is 42.0 Å². The molecule has 0 bridgehead atoms. The van der Waals surface area contributed by atoms with Gasteiger partial charge in [0.15, 0.2) is 0 Å². The molecule has 1 N–H and O–H groups in total. The van der Waals surface area contributed by atoms with Crippen LogP contribution in [0.4, 0.5) is 4.39 Å². The number of aromatic nitrogens is 1. The molecule has 0 radical (unpaired) electrons. The highest BCUT2D eigenvalue weighted by atomic mass is 19.1. The fraction of sp³-hybridized carbons (Fsp3) is 0.455. The van der Waals surface area contributed by atoms with Gasteiger partial charge < -0.3 is 5.32 Å². The van der Waals surface area contributed by atoms with Crippen molar-refractivity contribution in [1.82, 2.24) is 10.3 Å². The molecule has 1 aliphatic carbocycles. The first kappa shape index (κ1) is 10.1. The van der Waals surface area contributed by atoms with Crippen LogP contribution >= 0.6 is 0 Å². The molecule has 1 aromatic heterocycles. The predicted molar refractivity (Wildman–Crippen MR) is 53.8 cm³/mol. The van der Waals surface area contributed by atoms with Crippen molar-refractivity contribution < 1.29 is 9.18 Å². The van der Waals surface area contributed by atoms with Gasteiger partial charge in [-0.1, -0.05) is 6.92 Å². The minimum absolute atomic E-state index is 0.215. The molecule has 0 aliphatic heterocycles. The largest absolute Gasteiger partial charge is 0.349 e. The van der Waals surface area contributed by atoms with Crippen molar-refractivity contribution in [2.24, 2.45) is 5.92 Å². The Morgan fingerprint density at radius 2 is 2.33 bits per heavy atom. The minimum atomic E-state index is -0.621. The monoisotopic (exact) mass is 208 g/mol. The number of hydrogen-bond donors (Lipinski definition) is 1. The normalized spacial score (nSPS) is 24.4. The first-order valence-electron chi connectivity index (χ1n) is 5.07. The lowest BCUT2D eigenvalue weighted by atomic mass is 9.82. The molecular weight excluding hydrogens is 195 g/mol. The second-order valence-electron chi connectivity index (χ2n) is 4.11. The number of rotatable bonds is 2. The molecule has 0 saturated heterocycles. The van der Waals surface area contributed by atoms with Gasteiger partial charge in [-0.25, -0.2) is 4.98 Å². The van der Waals surface area contributed by atoms with Gasteiger partial charge in [-0.05, 0) is 24.8 Å². The maximum atomic E-state index is 12.7. The van der Waals surface area contributed by atoms with Gasteiger partial charge in [0.05, 0.1) is 0 Å². The third-order valence-electron chi connectivity index (χ3n) is 2.70. The number of carbonyl (C=O) groups excluding carboxylic acids is 1. The van der Waals surface area contributed by atoms with Crippen molar-refractivity contribution >= 4 is 5.91 Å². The summed E-state index contributed by atoms with van der Waals surface area (Å²) in [6.07, 6.45) is 3.33. The average Bonchev–Trinajstić information content (AvgIpc) is 2.15. The summed E-state index contributed by atoms with van der Waals surface area (Å²) in [7, 11) is 0. The zero-order valence-electron chi connectivity index (χ0n) is 8.53. The van der Waals surface area contributed by atoms with Crippen LogP contribution < -0.4 is 5.32 Å². The van der Waals surface area contributed by atoms with Gasteiger partial charge in [-0.2, -0.15) is 4.39 Å². The van der Waals surface area contributed by atoms with E-state index in [1.54, 1.807) is 0 Å². The molecule has 1 aliphatic rings. The Morgan fingerprint density at radius 1 is 1.60 bits per heavy atom. The smallest absolute Gasteiger partial charge is 0.251 e. The zero-order chi connectivity index (χ0) is 10.8. The number of hydrogen-bond acceptors (Lipinski definition) is 2. The average molecular weight is 208 g/mol. The van der Waals surface area contributed by atoms with Crippen LogP contribution in [-0.4, -0.2) is 16.9 Å². The lowest BCUT2D eigenvalue weighted by Crippen LogP contribution is -2.43. The van der Waals surface area contributed by atoms with Crippen LogP contribution in [0.1, 0.15) is 30.1 Å². The fourth-order valence-electron chi connectivity index (χ4n) is 1.83. The molecule has 80 valence electrons. The lowest BCUT2D eigenvalue weighted by molar-refractivity contribution is 0.0895. The van der Waals surface area contributed by atoms with Crippen molar-refractivity contribution in [2.75, 3.05) is 0 Å². The van der Waals surface area contributed by atoms with Crippen molar-refractivity contribution in [1.29, 1.82) is 0 Å². The highest BCUT2D eigenvalue weighted by Gasteiger charge is 2.26. The molecule has 0 spiro atoms. The highest BCUT2D eigenvalue weighted by Crippen LogP contribution is 2.26. The van der Waals surface area contributed by atoms with E-state index in [-0.39, 0.29) is 11.9 Å². The quantitative estimate of drug-likeness (QED) is 0.752. The van der Waals surface area contributed by atoms with Crippen LogP contribution in [0, 0.1) is 11.9 Å². The summed E-state index contributed by atoms with van der Waals surface area (Å²) < 4.78 is 12.7. The number of halogens is 1. The summed E-state index contributed by atoms with van der Waals surface area (Å²) in [5, 5.41) is 2.86. The summed E-state index contributed by atoms with van der Waals surface area (Å²) in [5.41, 5.74) is 0.335. The molecule has 3 nitrogen and oxygen atoms in total. The van der Waals surface area contributed by atoms with Crippen molar-refractivity contribution in [3.8, 4) is 0 Å².